The normalized spacial score (nSPS) is 24.4. The molecule has 0 N–H and O–H groups in total. The Bertz CT molecular complexity index is 805. The number of methoxy groups -OCH3 is 2. The number of fused-ring (bicyclic) bond motifs is 1. The first kappa shape index (κ1) is 15.1. The monoisotopic (exact) mass is 323 g/mol. The smallest absolute Gasteiger partial charge is 0.255 e. The molecular weight excluding hydrogens is 302 g/mol. The average molecular weight is 323 g/mol. The highest BCUT2D eigenvalue weighted by molar-refractivity contribution is 6.02. The third kappa shape index (κ3) is 1.71. The number of ether oxygens (including phenoxy) is 2. The molecule has 2 heterocycles. The summed E-state index contributed by atoms with van der Waals surface area (Å²) in [6.45, 7) is 4.59. The summed E-state index contributed by atoms with van der Waals surface area (Å²) in [5.74, 6) is 1.54. The van der Waals surface area contributed by atoms with Gasteiger partial charge in [0.05, 0.1) is 19.8 Å². The molecule has 4 nitrogen and oxygen atoms in total. The standard InChI is InChI=1S/C20H21NO3/c1-4-14-15-7-5-6-9-20(15)16-12-18(24-3)17(23-2)11-13(16)8-10-21(20)19(14)22/h4-5,7,11-12H,1,6,8-10H2,2-3H3/t20-/m0/s1. The highest BCUT2D eigenvalue weighted by atomic mass is 16.5. The Kier molecular flexibility index (Phi) is 3.30. The predicted molar refractivity (Wildman–Crippen MR) is 92.2 cm³/mol. The molecular formula is C20H21NO3. The van der Waals surface area contributed by atoms with Crippen molar-refractivity contribution < 1.29 is 14.3 Å². The number of rotatable bonds is 3. The maximum absolute atomic E-state index is 12.9. The third-order valence-corrected chi connectivity index (χ3v) is 5.49. The van der Waals surface area contributed by atoms with Crippen LogP contribution in [-0.4, -0.2) is 31.6 Å². The number of carbonyl (C=O) groups excluding carboxylic acids is 1. The zero-order chi connectivity index (χ0) is 16.9. The van der Waals surface area contributed by atoms with Gasteiger partial charge in [0.25, 0.3) is 5.91 Å². The molecule has 1 spiro atoms. The summed E-state index contributed by atoms with van der Waals surface area (Å²) in [4.78, 5) is 15.0. The molecule has 1 aliphatic carbocycles. The molecule has 24 heavy (non-hydrogen) atoms. The van der Waals surface area contributed by atoms with Crippen LogP contribution in [0.15, 0.2) is 48.1 Å². The summed E-state index contributed by atoms with van der Waals surface area (Å²) in [6, 6.07) is 4.12. The van der Waals surface area contributed by atoms with Crippen molar-refractivity contribution in [3.05, 3.63) is 59.2 Å². The van der Waals surface area contributed by atoms with E-state index >= 15 is 0 Å². The van der Waals surface area contributed by atoms with E-state index in [9.17, 15) is 4.79 Å². The fourth-order valence-corrected chi connectivity index (χ4v) is 4.45. The van der Waals surface area contributed by atoms with E-state index in [1.54, 1.807) is 20.3 Å². The summed E-state index contributed by atoms with van der Waals surface area (Å²) in [5, 5.41) is 0. The number of nitrogens with zero attached hydrogens (tertiary/aromatic N) is 1. The SMILES string of the molecule is C=CC1=C2C=CCC[C@@]23c2cc(OC)c(OC)cc2CCN3C1=O. The number of hydrogen-bond donors (Lipinski definition) is 0. The van der Waals surface area contributed by atoms with E-state index in [0.29, 0.717) is 5.75 Å². The van der Waals surface area contributed by atoms with Crippen LogP contribution < -0.4 is 9.47 Å². The fraction of sp³-hybridized carbons (Fsp3) is 0.350. The lowest BCUT2D eigenvalue weighted by Crippen LogP contribution is -2.50. The number of benzene rings is 1. The first-order chi connectivity index (χ1) is 11.7. The highest BCUT2D eigenvalue weighted by Gasteiger charge is 2.53. The Morgan fingerprint density at radius 3 is 2.71 bits per heavy atom. The van der Waals surface area contributed by atoms with E-state index < -0.39 is 0 Å². The van der Waals surface area contributed by atoms with Gasteiger partial charge >= 0.3 is 0 Å². The van der Waals surface area contributed by atoms with Crippen LogP contribution in [-0.2, 0) is 16.8 Å². The quantitative estimate of drug-likeness (QED) is 0.858. The van der Waals surface area contributed by atoms with Crippen molar-refractivity contribution >= 4 is 5.91 Å². The molecule has 4 rings (SSSR count). The second-order valence-electron chi connectivity index (χ2n) is 6.40. The number of hydrogen-bond acceptors (Lipinski definition) is 3. The minimum Gasteiger partial charge on any atom is -0.493 e. The average Bonchev–Trinajstić information content (AvgIpc) is 2.88. The summed E-state index contributed by atoms with van der Waals surface area (Å²) in [5.41, 5.74) is 3.81. The van der Waals surface area contributed by atoms with Gasteiger partial charge in [-0.2, -0.15) is 0 Å². The Labute approximate surface area is 142 Å². The molecule has 0 radical (unpaired) electrons. The fourth-order valence-electron chi connectivity index (χ4n) is 4.45. The molecule has 0 saturated carbocycles. The van der Waals surface area contributed by atoms with Gasteiger partial charge in [0.1, 0.15) is 0 Å². The third-order valence-electron chi connectivity index (χ3n) is 5.49. The van der Waals surface area contributed by atoms with Gasteiger partial charge in [-0.3, -0.25) is 4.79 Å². The molecule has 1 aromatic carbocycles. The first-order valence-corrected chi connectivity index (χ1v) is 8.28. The Morgan fingerprint density at radius 1 is 1.25 bits per heavy atom. The lowest BCUT2D eigenvalue weighted by atomic mass is 9.71. The minimum atomic E-state index is -0.386. The van der Waals surface area contributed by atoms with Crippen LogP contribution >= 0.6 is 0 Å². The van der Waals surface area contributed by atoms with Gasteiger partial charge in [0, 0.05) is 12.1 Å². The largest absolute Gasteiger partial charge is 0.493 e. The van der Waals surface area contributed by atoms with Crippen LogP contribution in [0.3, 0.4) is 0 Å². The van der Waals surface area contributed by atoms with Crippen molar-refractivity contribution in [1.82, 2.24) is 4.90 Å². The Morgan fingerprint density at radius 2 is 2.00 bits per heavy atom. The summed E-state index contributed by atoms with van der Waals surface area (Å²) >= 11 is 0. The minimum absolute atomic E-state index is 0.0898. The number of carbonyl (C=O) groups is 1. The Balaban J connectivity index is 2.01. The molecule has 2 aliphatic heterocycles. The molecule has 0 saturated heterocycles. The number of amides is 1. The molecule has 0 unspecified atom stereocenters. The van der Waals surface area contributed by atoms with Crippen molar-refractivity contribution in [3.63, 3.8) is 0 Å². The molecule has 1 atom stereocenters. The van der Waals surface area contributed by atoms with Crippen LogP contribution in [0.2, 0.25) is 0 Å². The van der Waals surface area contributed by atoms with Crippen LogP contribution in [0.5, 0.6) is 11.5 Å². The molecule has 4 heteroatoms. The lowest BCUT2D eigenvalue weighted by molar-refractivity contribution is -0.130. The zero-order valence-corrected chi connectivity index (χ0v) is 14.1. The van der Waals surface area contributed by atoms with Gasteiger partial charge in [-0.15, -0.1) is 0 Å². The van der Waals surface area contributed by atoms with Crippen molar-refractivity contribution in [2.24, 2.45) is 0 Å². The van der Waals surface area contributed by atoms with Gasteiger partial charge in [-0.05, 0) is 48.1 Å². The highest BCUT2D eigenvalue weighted by Crippen LogP contribution is 2.54. The van der Waals surface area contributed by atoms with Crippen molar-refractivity contribution in [3.8, 4) is 11.5 Å². The molecule has 0 bridgehead atoms. The van der Waals surface area contributed by atoms with Crippen molar-refractivity contribution in [2.45, 2.75) is 24.8 Å². The summed E-state index contributed by atoms with van der Waals surface area (Å²) in [6.07, 6.45) is 8.62. The predicted octanol–water partition coefficient (Wildman–Crippen LogP) is 3.13. The van der Waals surface area contributed by atoms with Crippen LogP contribution in [0, 0.1) is 0 Å². The van der Waals surface area contributed by atoms with Gasteiger partial charge in [-0.1, -0.05) is 24.8 Å². The second kappa shape index (κ2) is 5.26. The van der Waals surface area contributed by atoms with Gasteiger partial charge in [0.15, 0.2) is 11.5 Å². The first-order valence-electron chi connectivity index (χ1n) is 8.28. The molecule has 0 fully saturated rings. The van der Waals surface area contributed by atoms with E-state index in [4.69, 9.17) is 9.47 Å². The summed E-state index contributed by atoms with van der Waals surface area (Å²) < 4.78 is 11.0. The topological polar surface area (TPSA) is 38.8 Å². The van der Waals surface area contributed by atoms with E-state index in [1.165, 1.54) is 5.56 Å². The van der Waals surface area contributed by atoms with Gasteiger partial charge < -0.3 is 14.4 Å². The van der Waals surface area contributed by atoms with Gasteiger partial charge in [-0.25, -0.2) is 0 Å². The van der Waals surface area contributed by atoms with Crippen LogP contribution in [0.25, 0.3) is 0 Å². The van der Waals surface area contributed by atoms with Crippen molar-refractivity contribution in [2.75, 3.05) is 20.8 Å². The molecule has 0 aromatic heterocycles. The molecule has 1 amide bonds. The van der Waals surface area contributed by atoms with Gasteiger partial charge in [0.2, 0.25) is 0 Å². The maximum atomic E-state index is 12.9. The van der Waals surface area contributed by atoms with E-state index in [0.717, 1.165) is 48.3 Å². The summed E-state index contributed by atoms with van der Waals surface area (Å²) in [7, 11) is 3.30. The van der Waals surface area contributed by atoms with Crippen LogP contribution in [0.4, 0.5) is 0 Å². The van der Waals surface area contributed by atoms with Crippen molar-refractivity contribution in [1.29, 1.82) is 0 Å². The van der Waals surface area contributed by atoms with E-state index in [-0.39, 0.29) is 11.4 Å². The van der Waals surface area contributed by atoms with Crippen LogP contribution in [0.1, 0.15) is 24.0 Å². The lowest BCUT2D eigenvalue weighted by Gasteiger charge is -2.46. The zero-order valence-electron chi connectivity index (χ0n) is 14.1. The van der Waals surface area contributed by atoms with E-state index in [1.807, 2.05) is 4.90 Å². The number of allylic oxidation sites excluding steroid dienone is 1. The molecule has 3 aliphatic rings. The molecule has 124 valence electrons. The van der Waals surface area contributed by atoms with E-state index in [2.05, 4.69) is 30.9 Å². The second-order valence-corrected chi connectivity index (χ2v) is 6.40. The molecule has 1 aromatic rings. The maximum Gasteiger partial charge on any atom is 0.255 e. The Hall–Kier alpha value is -2.49.